The quantitative estimate of drug-likeness (QED) is 0.842. The van der Waals surface area contributed by atoms with Crippen LogP contribution in [0.4, 0.5) is 0 Å². The van der Waals surface area contributed by atoms with E-state index in [1.165, 1.54) is 83.8 Å². The van der Waals surface area contributed by atoms with Crippen molar-refractivity contribution in [2.24, 2.45) is 0 Å². The number of piperazine rings is 1. The smallest absolute Gasteiger partial charge is 0.0588 e. The highest BCUT2D eigenvalue weighted by Crippen LogP contribution is 2.33. The van der Waals surface area contributed by atoms with Gasteiger partial charge in [0.05, 0.1) is 6.10 Å². The zero-order valence-electron chi connectivity index (χ0n) is 13.9. The summed E-state index contributed by atoms with van der Waals surface area (Å²) in [6.07, 6.45) is 14.1. The van der Waals surface area contributed by atoms with Gasteiger partial charge in [-0.05, 0) is 38.5 Å². The van der Waals surface area contributed by atoms with Crippen molar-refractivity contribution in [3.8, 4) is 0 Å². The second-order valence-electron chi connectivity index (χ2n) is 7.56. The van der Waals surface area contributed by atoms with Gasteiger partial charge in [-0.1, -0.05) is 32.6 Å². The van der Waals surface area contributed by atoms with Gasteiger partial charge in [0.2, 0.25) is 0 Å². The Morgan fingerprint density at radius 3 is 2.71 bits per heavy atom. The largest absolute Gasteiger partial charge is 0.378 e. The molecule has 1 spiro atoms. The van der Waals surface area contributed by atoms with Crippen LogP contribution in [0, 0.1) is 0 Å². The minimum atomic E-state index is 0.443. The van der Waals surface area contributed by atoms with Gasteiger partial charge in [0.25, 0.3) is 0 Å². The molecule has 0 amide bonds. The molecule has 2 aliphatic heterocycles. The Bertz CT molecular complexity index is 308. The summed E-state index contributed by atoms with van der Waals surface area (Å²) in [5.41, 5.74) is 0.443. The fourth-order valence-electron chi connectivity index (χ4n) is 4.66. The number of hydrogen-bond acceptors (Lipinski definition) is 3. The molecule has 3 aliphatic rings. The summed E-state index contributed by atoms with van der Waals surface area (Å²) in [4.78, 5) is 2.81. The van der Waals surface area contributed by atoms with Crippen molar-refractivity contribution in [3.05, 3.63) is 0 Å². The van der Waals surface area contributed by atoms with Crippen LogP contribution >= 0.6 is 0 Å². The lowest BCUT2D eigenvalue weighted by atomic mass is 9.79. The SMILES string of the molecule is CCCC1CNC2(CCCCC2)CN1CCC1CCCO1. The van der Waals surface area contributed by atoms with Gasteiger partial charge in [0.1, 0.15) is 0 Å². The summed E-state index contributed by atoms with van der Waals surface area (Å²) in [5, 5.41) is 3.95. The Morgan fingerprint density at radius 1 is 1.14 bits per heavy atom. The van der Waals surface area contributed by atoms with Crippen molar-refractivity contribution >= 4 is 0 Å². The molecule has 1 N–H and O–H groups in total. The first kappa shape index (κ1) is 15.8. The molecule has 122 valence electrons. The summed E-state index contributed by atoms with van der Waals surface area (Å²) in [5.74, 6) is 0. The third kappa shape index (κ3) is 4.00. The third-order valence-electron chi connectivity index (χ3n) is 5.93. The fourth-order valence-corrected chi connectivity index (χ4v) is 4.66. The van der Waals surface area contributed by atoms with Crippen LogP contribution in [0.5, 0.6) is 0 Å². The van der Waals surface area contributed by atoms with Crippen LogP contribution in [0.3, 0.4) is 0 Å². The maximum absolute atomic E-state index is 5.83. The highest BCUT2D eigenvalue weighted by molar-refractivity contribution is 4.99. The van der Waals surface area contributed by atoms with Crippen molar-refractivity contribution < 1.29 is 4.74 Å². The maximum Gasteiger partial charge on any atom is 0.0588 e. The monoisotopic (exact) mass is 294 g/mol. The van der Waals surface area contributed by atoms with Crippen molar-refractivity contribution in [2.75, 3.05) is 26.2 Å². The first-order chi connectivity index (χ1) is 10.3. The predicted molar refractivity (Wildman–Crippen MR) is 87.7 cm³/mol. The van der Waals surface area contributed by atoms with Gasteiger partial charge in [-0.3, -0.25) is 4.90 Å². The van der Waals surface area contributed by atoms with E-state index in [-0.39, 0.29) is 0 Å². The number of hydrogen-bond donors (Lipinski definition) is 1. The van der Waals surface area contributed by atoms with Gasteiger partial charge in [-0.25, -0.2) is 0 Å². The molecule has 0 radical (unpaired) electrons. The van der Waals surface area contributed by atoms with Crippen molar-refractivity contribution in [3.63, 3.8) is 0 Å². The second-order valence-corrected chi connectivity index (χ2v) is 7.56. The lowest BCUT2D eigenvalue weighted by Gasteiger charge is -2.50. The highest BCUT2D eigenvalue weighted by Gasteiger charge is 2.39. The minimum Gasteiger partial charge on any atom is -0.378 e. The molecular weight excluding hydrogens is 260 g/mol. The molecule has 0 bridgehead atoms. The van der Waals surface area contributed by atoms with Crippen LogP contribution in [0.25, 0.3) is 0 Å². The Morgan fingerprint density at radius 2 is 2.00 bits per heavy atom. The molecule has 2 atom stereocenters. The van der Waals surface area contributed by atoms with E-state index in [9.17, 15) is 0 Å². The summed E-state index contributed by atoms with van der Waals surface area (Å²) in [6.45, 7) is 7.06. The van der Waals surface area contributed by atoms with Crippen molar-refractivity contribution in [1.82, 2.24) is 10.2 Å². The van der Waals surface area contributed by atoms with E-state index in [1.54, 1.807) is 0 Å². The predicted octanol–water partition coefficient (Wildman–Crippen LogP) is 3.33. The van der Waals surface area contributed by atoms with Crippen LogP contribution in [0.2, 0.25) is 0 Å². The van der Waals surface area contributed by atoms with E-state index < -0.39 is 0 Å². The average Bonchev–Trinajstić information content (AvgIpc) is 3.02. The molecule has 0 aromatic rings. The molecule has 2 unspecified atom stereocenters. The Labute approximate surface area is 130 Å². The summed E-state index contributed by atoms with van der Waals surface area (Å²) < 4.78 is 5.83. The molecule has 1 saturated carbocycles. The third-order valence-corrected chi connectivity index (χ3v) is 5.93. The molecule has 2 heterocycles. The summed E-state index contributed by atoms with van der Waals surface area (Å²) in [7, 11) is 0. The molecule has 3 nitrogen and oxygen atoms in total. The fraction of sp³-hybridized carbons (Fsp3) is 1.00. The average molecular weight is 294 g/mol. The van der Waals surface area contributed by atoms with Gasteiger partial charge in [-0.15, -0.1) is 0 Å². The Kier molecular flexibility index (Phi) is 5.58. The topological polar surface area (TPSA) is 24.5 Å². The zero-order chi connectivity index (χ0) is 14.5. The molecule has 0 aromatic heterocycles. The molecule has 3 fully saturated rings. The number of ether oxygens (including phenoxy) is 1. The standard InChI is InChI=1S/C18H34N2O/c1-2-7-16-14-19-18(10-4-3-5-11-18)15-20(16)12-9-17-8-6-13-21-17/h16-17,19H,2-15H2,1H3. The van der Waals surface area contributed by atoms with Crippen molar-refractivity contribution in [2.45, 2.75) is 88.8 Å². The number of nitrogens with one attached hydrogen (secondary N) is 1. The van der Waals surface area contributed by atoms with E-state index in [0.29, 0.717) is 11.6 Å². The molecular formula is C18H34N2O. The van der Waals surface area contributed by atoms with Gasteiger partial charge in [0, 0.05) is 37.8 Å². The molecule has 0 aromatic carbocycles. The number of nitrogens with zero attached hydrogens (tertiary/aromatic N) is 1. The Balaban J connectivity index is 1.57. The van der Waals surface area contributed by atoms with Gasteiger partial charge in [0.15, 0.2) is 0 Å². The van der Waals surface area contributed by atoms with E-state index >= 15 is 0 Å². The highest BCUT2D eigenvalue weighted by atomic mass is 16.5. The summed E-state index contributed by atoms with van der Waals surface area (Å²) in [6, 6.07) is 0.754. The van der Waals surface area contributed by atoms with Gasteiger partial charge < -0.3 is 10.1 Å². The molecule has 3 heteroatoms. The van der Waals surface area contributed by atoms with Crippen LogP contribution in [0.1, 0.15) is 71.1 Å². The number of rotatable bonds is 5. The van der Waals surface area contributed by atoms with Crippen LogP contribution in [-0.4, -0.2) is 48.8 Å². The first-order valence-corrected chi connectivity index (χ1v) is 9.42. The van der Waals surface area contributed by atoms with E-state index in [2.05, 4.69) is 17.1 Å². The van der Waals surface area contributed by atoms with Gasteiger partial charge >= 0.3 is 0 Å². The summed E-state index contributed by atoms with van der Waals surface area (Å²) >= 11 is 0. The van der Waals surface area contributed by atoms with Crippen LogP contribution < -0.4 is 5.32 Å². The molecule has 1 aliphatic carbocycles. The minimum absolute atomic E-state index is 0.443. The van der Waals surface area contributed by atoms with E-state index in [1.807, 2.05) is 0 Å². The van der Waals surface area contributed by atoms with Crippen molar-refractivity contribution in [1.29, 1.82) is 0 Å². The second kappa shape index (κ2) is 7.43. The normalized spacial score (nSPS) is 33.6. The van der Waals surface area contributed by atoms with Crippen LogP contribution in [-0.2, 0) is 4.74 Å². The molecule has 3 rings (SSSR count). The van der Waals surface area contributed by atoms with Crippen LogP contribution in [0.15, 0.2) is 0 Å². The molecule has 21 heavy (non-hydrogen) atoms. The lowest BCUT2D eigenvalue weighted by Crippen LogP contribution is -2.64. The lowest BCUT2D eigenvalue weighted by molar-refractivity contribution is 0.0330. The first-order valence-electron chi connectivity index (χ1n) is 9.42. The van der Waals surface area contributed by atoms with E-state index in [4.69, 9.17) is 4.74 Å². The van der Waals surface area contributed by atoms with E-state index in [0.717, 1.165) is 12.6 Å². The zero-order valence-corrected chi connectivity index (χ0v) is 13.9. The Hall–Kier alpha value is -0.120. The van der Waals surface area contributed by atoms with Gasteiger partial charge in [-0.2, -0.15) is 0 Å². The maximum atomic E-state index is 5.83. The molecule has 2 saturated heterocycles.